The first-order valence-corrected chi connectivity index (χ1v) is 7.19. The molecule has 0 atom stereocenters. The van der Waals surface area contributed by atoms with Crippen molar-refractivity contribution in [2.75, 3.05) is 0 Å². The Morgan fingerprint density at radius 2 is 1.56 bits per heavy atom. The standard InChI is InChI=1S/C15H14BrClO/c1-10-7-14(8-11(2)15(10)17)18-13-5-3-12(9-16)4-6-13/h3-8H,9H2,1-2H3. The van der Waals surface area contributed by atoms with Gasteiger partial charge in [0.05, 0.1) is 0 Å². The van der Waals surface area contributed by atoms with E-state index in [2.05, 4.69) is 15.9 Å². The summed E-state index contributed by atoms with van der Waals surface area (Å²) < 4.78 is 5.82. The lowest BCUT2D eigenvalue weighted by molar-refractivity contribution is 0.481. The van der Waals surface area contributed by atoms with Gasteiger partial charge in [0.15, 0.2) is 0 Å². The number of alkyl halides is 1. The highest BCUT2D eigenvalue weighted by Crippen LogP contribution is 2.29. The van der Waals surface area contributed by atoms with Gasteiger partial charge in [0.2, 0.25) is 0 Å². The predicted molar refractivity (Wildman–Crippen MR) is 80.1 cm³/mol. The van der Waals surface area contributed by atoms with Gasteiger partial charge < -0.3 is 4.74 Å². The highest BCUT2D eigenvalue weighted by molar-refractivity contribution is 9.08. The predicted octanol–water partition coefficient (Wildman–Crippen LogP) is 5.64. The van der Waals surface area contributed by atoms with E-state index in [1.54, 1.807) is 0 Å². The van der Waals surface area contributed by atoms with E-state index < -0.39 is 0 Å². The van der Waals surface area contributed by atoms with Gasteiger partial charge in [-0.25, -0.2) is 0 Å². The summed E-state index contributed by atoms with van der Waals surface area (Å²) >= 11 is 9.55. The Morgan fingerprint density at radius 1 is 1.00 bits per heavy atom. The van der Waals surface area contributed by atoms with Crippen LogP contribution in [0, 0.1) is 13.8 Å². The number of halogens is 2. The third kappa shape index (κ3) is 3.06. The summed E-state index contributed by atoms with van der Waals surface area (Å²) in [5, 5.41) is 1.66. The van der Waals surface area contributed by atoms with Crippen LogP contribution < -0.4 is 4.74 Å². The van der Waals surface area contributed by atoms with Crippen molar-refractivity contribution in [1.82, 2.24) is 0 Å². The molecule has 0 unspecified atom stereocenters. The van der Waals surface area contributed by atoms with Crippen LogP contribution in [0.1, 0.15) is 16.7 Å². The van der Waals surface area contributed by atoms with Crippen molar-refractivity contribution in [2.45, 2.75) is 19.2 Å². The lowest BCUT2D eigenvalue weighted by atomic mass is 10.1. The summed E-state index contributed by atoms with van der Waals surface area (Å²) in [6, 6.07) is 11.9. The largest absolute Gasteiger partial charge is 0.457 e. The minimum Gasteiger partial charge on any atom is -0.457 e. The van der Waals surface area contributed by atoms with Crippen molar-refractivity contribution < 1.29 is 4.74 Å². The topological polar surface area (TPSA) is 9.23 Å². The quantitative estimate of drug-likeness (QED) is 0.663. The molecule has 1 nitrogen and oxygen atoms in total. The molecule has 2 rings (SSSR count). The summed E-state index contributed by atoms with van der Waals surface area (Å²) in [7, 11) is 0. The van der Waals surface area contributed by atoms with E-state index in [4.69, 9.17) is 16.3 Å². The Kier molecular flexibility index (Phi) is 4.31. The Labute approximate surface area is 121 Å². The third-order valence-electron chi connectivity index (χ3n) is 2.72. The van der Waals surface area contributed by atoms with E-state index in [0.717, 1.165) is 33.0 Å². The molecule has 0 N–H and O–H groups in total. The number of ether oxygens (including phenoxy) is 1. The Hall–Kier alpha value is -0.990. The highest BCUT2D eigenvalue weighted by atomic mass is 79.9. The van der Waals surface area contributed by atoms with Gasteiger partial charge in [-0.3, -0.25) is 0 Å². The van der Waals surface area contributed by atoms with Crippen LogP contribution in [0.5, 0.6) is 11.5 Å². The van der Waals surface area contributed by atoms with Gasteiger partial charge in [-0.15, -0.1) is 0 Å². The fraction of sp³-hybridized carbons (Fsp3) is 0.200. The summed E-state index contributed by atoms with van der Waals surface area (Å²) in [5.74, 6) is 1.65. The van der Waals surface area contributed by atoms with Crippen LogP contribution >= 0.6 is 27.5 Å². The van der Waals surface area contributed by atoms with Gasteiger partial charge in [-0.1, -0.05) is 39.7 Å². The van der Waals surface area contributed by atoms with Crippen LogP contribution in [-0.2, 0) is 5.33 Å². The molecule has 0 saturated heterocycles. The smallest absolute Gasteiger partial charge is 0.128 e. The second-order valence-electron chi connectivity index (χ2n) is 4.25. The van der Waals surface area contributed by atoms with Crippen LogP contribution in [0.4, 0.5) is 0 Å². The molecule has 3 heteroatoms. The number of aryl methyl sites for hydroxylation is 2. The summed E-state index contributed by atoms with van der Waals surface area (Å²) in [4.78, 5) is 0. The van der Waals surface area contributed by atoms with E-state index in [0.29, 0.717) is 0 Å². The maximum Gasteiger partial charge on any atom is 0.128 e. The number of hydrogen-bond donors (Lipinski definition) is 0. The molecule has 0 bridgehead atoms. The minimum absolute atomic E-state index is 0.803. The lowest BCUT2D eigenvalue weighted by Gasteiger charge is -2.10. The van der Waals surface area contributed by atoms with Crippen molar-refractivity contribution in [3.8, 4) is 11.5 Å². The summed E-state index contributed by atoms with van der Waals surface area (Å²) in [6.07, 6.45) is 0. The van der Waals surface area contributed by atoms with E-state index in [1.807, 2.05) is 50.2 Å². The molecule has 0 fully saturated rings. The van der Waals surface area contributed by atoms with Crippen molar-refractivity contribution >= 4 is 27.5 Å². The first-order chi connectivity index (χ1) is 8.60. The highest BCUT2D eigenvalue weighted by Gasteiger charge is 2.04. The van der Waals surface area contributed by atoms with Crippen molar-refractivity contribution in [1.29, 1.82) is 0 Å². The molecule has 0 spiro atoms. The first kappa shape index (κ1) is 13.4. The average Bonchev–Trinajstić information content (AvgIpc) is 2.37. The Balaban J connectivity index is 2.23. The second kappa shape index (κ2) is 5.77. The van der Waals surface area contributed by atoms with Crippen LogP contribution in [0.2, 0.25) is 5.02 Å². The average molecular weight is 326 g/mol. The first-order valence-electron chi connectivity index (χ1n) is 5.69. The third-order valence-corrected chi connectivity index (χ3v) is 3.97. The molecule has 0 amide bonds. The molecule has 0 aliphatic carbocycles. The molecule has 94 valence electrons. The molecular weight excluding hydrogens is 312 g/mol. The van der Waals surface area contributed by atoms with Gasteiger partial charge in [0.25, 0.3) is 0 Å². The maximum absolute atomic E-state index is 6.13. The Morgan fingerprint density at radius 3 is 2.06 bits per heavy atom. The Bertz CT molecular complexity index is 526. The second-order valence-corrected chi connectivity index (χ2v) is 5.19. The molecule has 2 aromatic carbocycles. The van der Waals surface area contributed by atoms with Crippen LogP contribution in [-0.4, -0.2) is 0 Å². The van der Waals surface area contributed by atoms with Gasteiger partial charge in [-0.2, -0.15) is 0 Å². The number of benzene rings is 2. The van der Waals surface area contributed by atoms with E-state index >= 15 is 0 Å². The molecule has 0 aliphatic heterocycles. The van der Waals surface area contributed by atoms with Crippen molar-refractivity contribution in [3.63, 3.8) is 0 Å². The summed E-state index contributed by atoms with van der Waals surface area (Å²) in [5.41, 5.74) is 3.29. The molecule has 0 aromatic heterocycles. The molecule has 2 aromatic rings. The zero-order valence-electron chi connectivity index (χ0n) is 10.3. The zero-order valence-corrected chi connectivity index (χ0v) is 12.7. The lowest BCUT2D eigenvalue weighted by Crippen LogP contribution is -1.88. The van der Waals surface area contributed by atoms with Crippen molar-refractivity contribution in [3.05, 3.63) is 58.1 Å². The normalized spacial score (nSPS) is 10.4. The van der Waals surface area contributed by atoms with E-state index in [-0.39, 0.29) is 0 Å². The van der Waals surface area contributed by atoms with Gasteiger partial charge in [0.1, 0.15) is 11.5 Å². The van der Waals surface area contributed by atoms with Gasteiger partial charge in [-0.05, 0) is 54.8 Å². The zero-order chi connectivity index (χ0) is 13.1. The number of rotatable bonds is 3. The van der Waals surface area contributed by atoms with Gasteiger partial charge >= 0.3 is 0 Å². The SMILES string of the molecule is Cc1cc(Oc2ccc(CBr)cc2)cc(C)c1Cl. The minimum atomic E-state index is 0.803. The van der Waals surface area contributed by atoms with Crippen LogP contribution in [0.15, 0.2) is 36.4 Å². The molecule has 0 saturated carbocycles. The molecular formula is C15H14BrClO. The maximum atomic E-state index is 6.13. The summed E-state index contributed by atoms with van der Waals surface area (Å²) in [6.45, 7) is 3.96. The fourth-order valence-electron chi connectivity index (χ4n) is 1.75. The molecule has 18 heavy (non-hydrogen) atoms. The van der Waals surface area contributed by atoms with Crippen LogP contribution in [0.3, 0.4) is 0 Å². The molecule has 0 radical (unpaired) electrons. The fourth-order valence-corrected chi connectivity index (χ4v) is 2.23. The van der Waals surface area contributed by atoms with Crippen LogP contribution in [0.25, 0.3) is 0 Å². The van der Waals surface area contributed by atoms with E-state index in [9.17, 15) is 0 Å². The molecule has 0 aliphatic rings. The monoisotopic (exact) mass is 324 g/mol. The molecule has 0 heterocycles. The number of hydrogen-bond acceptors (Lipinski definition) is 1. The van der Waals surface area contributed by atoms with Gasteiger partial charge in [0, 0.05) is 10.4 Å². The van der Waals surface area contributed by atoms with E-state index in [1.165, 1.54) is 5.56 Å². The van der Waals surface area contributed by atoms with Crippen molar-refractivity contribution in [2.24, 2.45) is 0 Å².